The molecule has 8 heteroatoms. The lowest BCUT2D eigenvalue weighted by molar-refractivity contribution is -0.375. The first-order valence-corrected chi connectivity index (χ1v) is 11.3. The number of rotatable bonds is 2. The van der Waals surface area contributed by atoms with Gasteiger partial charge in [-0.2, -0.15) is 0 Å². The molecule has 5 heterocycles. The van der Waals surface area contributed by atoms with Crippen LogP contribution in [0.3, 0.4) is 0 Å². The van der Waals surface area contributed by atoms with Crippen molar-refractivity contribution in [2.24, 2.45) is 28.6 Å². The van der Waals surface area contributed by atoms with Gasteiger partial charge in [0.25, 0.3) is 0 Å². The van der Waals surface area contributed by atoms with Gasteiger partial charge < -0.3 is 33.9 Å². The van der Waals surface area contributed by atoms with Crippen LogP contribution in [0.5, 0.6) is 0 Å². The summed E-state index contributed by atoms with van der Waals surface area (Å²) in [7, 11) is 0. The number of epoxide rings is 1. The number of aliphatic hydroxyl groups is 2. The van der Waals surface area contributed by atoms with Crippen LogP contribution in [-0.4, -0.2) is 65.6 Å². The maximum atomic E-state index is 12.0. The second kappa shape index (κ2) is 6.17. The van der Waals surface area contributed by atoms with Gasteiger partial charge in [0.05, 0.1) is 24.2 Å². The van der Waals surface area contributed by atoms with Gasteiger partial charge in [-0.1, -0.05) is 13.8 Å². The lowest BCUT2D eigenvalue weighted by Crippen LogP contribution is -2.76. The Balaban J connectivity index is 1.42. The smallest absolute Gasteiger partial charge is 0.302 e. The lowest BCUT2D eigenvalue weighted by Gasteiger charge is -2.68. The van der Waals surface area contributed by atoms with E-state index in [9.17, 15) is 15.0 Å². The van der Waals surface area contributed by atoms with E-state index in [0.717, 1.165) is 19.3 Å². The van der Waals surface area contributed by atoms with Crippen molar-refractivity contribution < 1.29 is 38.7 Å². The Morgan fingerprint density at radius 3 is 2.53 bits per heavy atom. The third kappa shape index (κ3) is 2.30. The molecule has 30 heavy (non-hydrogen) atoms. The molecule has 12 atom stereocenters. The van der Waals surface area contributed by atoms with Crippen molar-refractivity contribution in [3.05, 3.63) is 0 Å². The summed E-state index contributed by atoms with van der Waals surface area (Å²) in [5.41, 5.74) is -1.56. The minimum atomic E-state index is -1.03. The van der Waals surface area contributed by atoms with Crippen LogP contribution in [0.25, 0.3) is 0 Å². The molecule has 2 aliphatic carbocycles. The molecular weight excluding hydrogens is 392 g/mol. The predicted octanol–water partition coefficient (Wildman–Crippen LogP) is 1.32. The van der Waals surface area contributed by atoms with Gasteiger partial charge in [-0.3, -0.25) is 4.79 Å². The van der Waals surface area contributed by atoms with Crippen LogP contribution >= 0.6 is 0 Å². The van der Waals surface area contributed by atoms with Crippen LogP contribution in [0.1, 0.15) is 52.9 Å². The maximum absolute atomic E-state index is 12.0. The zero-order chi connectivity index (χ0) is 21.1. The van der Waals surface area contributed by atoms with Crippen LogP contribution in [0.4, 0.5) is 0 Å². The topological polar surface area (TPSA) is 107 Å². The first-order chi connectivity index (χ1) is 14.2. The SMILES string of the molecule is CC(=O)O[C@H]1C[C@@H](C)[C@](C)([C@@H]2C[C@H]3C[C@@H](O)O[C@H]3O2)[C@H]2C[C@@H]3C[C@]4(CO4)[C@]12C(O)O3. The highest BCUT2D eigenvalue weighted by Crippen LogP contribution is 2.73. The van der Waals surface area contributed by atoms with Gasteiger partial charge in [-0.05, 0) is 31.1 Å². The summed E-state index contributed by atoms with van der Waals surface area (Å²) >= 11 is 0. The molecule has 1 unspecified atom stereocenters. The Bertz CT molecular complexity index is 739. The third-order valence-electron chi connectivity index (χ3n) is 9.56. The van der Waals surface area contributed by atoms with E-state index in [1.165, 1.54) is 6.92 Å². The molecule has 0 amide bonds. The summed E-state index contributed by atoms with van der Waals surface area (Å²) < 4.78 is 30.0. The van der Waals surface area contributed by atoms with Crippen molar-refractivity contribution in [1.29, 1.82) is 0 Å². The lowest BCUT2D eigenvalue weighted by atomic mass is 9.40. The maximum Gasteiger partial charge on any atom is 0.302 e. The highest BCUT2D eigenvalue weighted by molar-refractivity contribution is 5.66. The average Bonchev–Trinajstić information content (AvgIpc) is 3.15. The number of carbonyl (C=O) groups excluding carboxylic acids is 1. The van der Waals surface area contributed by atoms with Crippen molar-refractivity contribution in [3.63, 3.8) is 0 Å². The first kappa shape index (κ1) is 19.9. The van der Waals surface area contributed by atoms with Gasteiger partial charge >= 0.3 is 5.97 Å². The third-order valence-corrected chi connectivity index (χ3v) is 9.56. The summed E-state index contributed by atoms with van der Waals surface area (Å²) in [5.74, 6) is 0.0725. The van der Waals surface area contributed by atoms with Crippen molar-refractivity contribution >= 4 is 5.97 Å². The molecule has 2 bridgehead atoms. The normalized spacial score (nSPS) is 61.0. The zero-order valence-corrected chi connectivity index (χ0v) is 17.8. The second-order valence-electron chi connectivity index (χ2n) is 10.7. The molecule has 0 radical (unpaired) electrons. The molecule has 5 aliphatic heterocycles. The number of hydrogen-bond donors (Lipinski definition) is 2. The standard InChI is InChI=1S/C22H32O8/c1-10-4-16(27-11(2)23)22-14(7-13(28-19(22)25)8-21(22)9-26-21)20(10,3)15-5-12-6-17(24)30-18(12)29-15/h10,12-19,24-25H,4-9H2,1-3H3/t10-,12+,13-,14-,15+,16+,17+,18-,19?,20+,21+,22+/m1/s1. The molecule has 8 nitrogen and oxygen atoms in total. The molecule has 2 saturated carbocycles. The zero-order valence-electron chi connectivity index (χ0n) is 17.8. The van der Waals surface area contributed by atoms with E-state index in [-0.39, 0.29) is 47.6 Å². The van der Waals surface area contributed by atoms with Gasteiger partial charge in [0, 0.05) is 31.1 Å². The summed E-state index contributed by atoms with van der Waals surface area (Å²) in [4.78, 5) is 12.0. The number of fused-ring (bicyclic) bond motifs is 2. The number of ether oxygens (including phenoxy) is 5. The van der Waals surface area contributed by atoms with Crippen LogP contribution in [0.2, 0.25) is 0 Å². The molecule has 7 rings (SSSR count). The molecule has 0 aromatic rings. The van der Waals surface area contributed by atoms with Gasteiger partial charge in [0.2, 0.25) is 0 Å². The first-order valence-electron chi connectivity index (χ1n) is 11.3. The van der Waals surface area contributed by atoms with E-state index in [1.54, 1.807) is 0 Å². The molecule has 0 aromatic heterocycles. The molecule has 5 saturated heterocycles. The Kier molecular flexibility index (Phi) is 4.09. The summed E-state index contributed by atoms with van der Waals surface area (Å²) in [6, 6.07) is 0. The van der Waals surface area contributed by atoms with Gasteiger partial charge in [-0.15, -0.1) is 0 Å². The summed E-state index contributed by atoms with van der Waals surface area (Å²) in [5, 5.41) is 21.1. The molecule has 168 valence electrons. The van der Waals surface area contributed by atoms with Crippen LogP contribution < -0.4 is 0 Å². The molecular formula is C22H32O8. The fraction of sp³-hybridized carbons (Fsp3) is 0.955. The van der Waals surface area contributed by atoms with Crippen molar-refractivity contribution in [2.45, 2.75) is 95.7 Å². The average molecular weight is 424 g/mol. The largest absolute Gasteiger partial charge is 0.462 e. The van der Waals surface area contributed by atoms with E-state index in [2.05, 4.69) is 13.8 Å². The summed E-state index contributed by atoms with van der Waals surface area (Å²) in [6.07, 6.45) is 0.824. The predicted molar refractivity (Wildman–Crippen MR) is 101 cm³/mol. The Morgan fingerprint density at radius 1 is 1.10 bits per heavy atom. The Morgan fingerprint density at radius 2 is 1.87 bits per heavy atom. The van der Waals surface area contributed by atoms with Gasteiger partial charge in [-0.25, -0.2) is 0 Å². The van der Waals surface area contributed by atoms with Crippen molar-refractivity contribution in [1.82, 2.24) is 0 Å². The van der Waals surface area contributed by atoms with Crippen molar-refractivity contribution in [2.75, 3.05) is 6.61 Å². The van der Waals surface area contributed by atoms with E-state index in [1.807, 2.05) is 0 Å². The van der Waals surface area contributed by atoms with E-state index >= 15 is 0 Å². The minimum absolute atomic E-state index is 0.0249. The van der Waals surface area contributed by atoms with E-state index < -0.39 is 29.7 Å². The van der Waals surface area contributed by atoms with Crippen LogP contribution in [0, 0.1) is 28.6 Å². The molecule has 0 aromatic carbocycles. The number of carbonyl (C=O) groups is 1. The monoisotopic (exact) mass is 424 g/mol. The van der Waals surface area contributed by atoms with Gasteiger partial charge in [0.1, 0.15) is 11.7 Å². The molecule has 7 fully saturated rings. The van der Waals surface area contributed by atoms with E-state index in [0.29, 0.717) is 19.4 Å². The number of hydrogen-bond acceptors (Lipinski definition) is 8. The highest BCUT2D eigenvalue weighted by Gasteiger charge is 2.82. The quantitative estimate of drug-likeness (QED) is 0.505. The Labute approximate surface area is 176 Å². The van der Waals surface area contributed by atoms with Crippen LogP contribution in [-0.2, 0) is 28.5 Å². The number of aliphatic hydroxyl groups excluding tert-OH is 2. The van der Waals surface area contributed by atoms with E-state index in [4.69, 9.17) is 23.7 Å². The fourth-order valence-electron chi connectivity index (χ4n) is 8.04. The minimum Gasteiger partial charge on any atom is -0.462 e. The Hall–Kier alpha value is -0.770. The fourth-order valence-corrected chi connectivity index (χ4v) is 8.04. The highest BCUT2D eigenvalue weighted by atomic mass is 16.7. The molecule has 2 N–H and O–H groups in total. The number of esters is 1. The van der Waals surface area contributed by atoms with Crippen LogP contribution in [0.15, 0.2) is 0 Å². The molecule has 2 spiro atoms. The molecule has 7 aliphatic rings. The van der Waals surface area contributed by atoms with Crippen molar-refractivity contribution in [3.8, 4) is 0 Å². The second-order valence-corrected chi connectivity index (χ2v) is 10.7. The van der Waals surface area contributed by atoms with Gasteiger partial charge in [0.15, 0.2) is 18.9 Å². The summed E-state index contributed by atoms with van der Waals surface area (Å²) in [6.45, 7) is 6.46.